The third kappa shape index (κ3) is 8.03. The Morgan fingerprint density at radius 3 is 2.51 bits per heavy atom. The van der Waals surface area contributed by atoms with Crippen LogP contribution in [0.15, 0.2) is 23.6 Å². The van der Waals surface area contributed by atoms with Crippen LogP contribution in [0.1, 0.15) is 71.2 Å². The molecule has 2 aliphatic rings. The van der Waals surface area contributed by atoms with Gasteiger partial charge in [-0.3, -0.25) is 19.3 Å². The summed E-state index contributed by atoms with van der Waals surface area (Å²) in [6.07, 6.45) is 5.18. The van der Waals surface area contributed by atoms with E-state index in [4.69, 9.17) is 9.72 Å². The number of esters is 1. The number of hydrogen-bond donors (Lipinski definition) is 0. The van der Waals surface area contributed by atoms with Gasteiger partial charge in [-0.1, -0.05) is 30.5 Å². The Hall–Kier alpha value is -2.42. The third-order valence-corrected chi connectivity index (χ3v) is 8.28. The molecule has 1 saturated heterocycles. The van der Waals surface area contributed by atoms with E-state index in [9.17, 15) is 14.4 Å². The molecule has 1 aromatic heterocycles. The molecule has 0 atom stereocenters. The molecule has 1 aliphatic carbocycles. The molecule has 0 N–H and O–H groups in total. The molecule has 0 unspecified atom stereocenters. The number of aromatic nitrogens is 1. The highest BCUT2D eigenvalue weighted by atomic mass is 32.1. The molecule has 2 fully saturated rings. The summed E-state index contributed by atoms with van der Waals surface area (Å²) in [6.45, 7) is 9.48. The fraction of sp³-hybridized carbons (Fsp3) is 0.586. The first-order valence-corrected chi connectivity index (χ1v) is 14.5. The van der Waals surface area contributed by atoms with Gasteiger partial charge in [0.1, 0.15) is 10.8 Å². The van der Waals surface area contributed by atoms with Crippen molar-refractivity contribution in [3.05, 3.63) is 51.0 Å². The topological polar surface area (TPSA) is 79.8 Å². The Morgan fingerprint density at radius 2 is 1.78 bits per heavy atom. The lowest BCUT2D eigenvalue weighted by molar-refractivity contribution is -0.143. The second-order valence-electron chi connectivity index (χ2n) is 10.3. The van der Waals surface area contributed by atoms with Crippen LogP contribution in [0.3, 0.4) is 0 Å². The summed E-state index contributed by atoms with van der Waals surface area (Å²) >= 11 is 1.54. The predicted octanol–water partition coefficient (Wildman–Crippen LogP) is 4.25. The van der Waals surface area contributed by atoms with Crippen LogP contribution in [-0.4, -0.2) is 71.7 Å². The van der Waals surface area contributed by atoms with Crippen molar-refractivity contribution in [2.24, 2.45) is 5.92 Å². The van der Waals surface area contributed by atoms with E-state index in [2.05, 4.69) is 15.2 Å². The molecule has 200 valence electrons. The number of carbonyl (C=O) groups excluding carboxylic acids is 3. The summed E-state index contributed by atoms with van der Waals surface area (Å²) in [5, 5.41) is 2.89. The molecule has 2 heterocycles. The molecular formula is C29H39N3O4S. The van der Waals surface area contributed by atoms with E-state index < -0.39 is 0 Å². The van der Waals surface area contributed by atoms with Gasteiger partial charge in [0.2, 0.25) is 0 Å². The van der Waals surface area contributed by atoms with Gasteiger partial charge in [-0.25, -0.2) is 4.98 Å². The zero-order chi connectivity index (χ0) is 26.2. The number of thiazole rings is 1. The lowest BCUT2D eigenvalue weighted by Crippen LogP contribution is -2.46. The Balaban J connectivity index is 1.25. The van der Waals surface area contributed by atoms with Crippen molar-refractivity contribution >= 4 is 28.9 Å². The predicted molar refractivity (Wildman–Crippen MR) is 145 cm³/mol. The van der Waals surface area contributed by atoms with E-state index in [-0.39, 0.29) is 29.9 Å². The first-order chi connectivity index (χ1) is 17.9. The molecule has 0 amide bonds. The van der Waals surface area contributed by atoms with Crippen LogP contribution in [0.5, 0.6) is 0 Å². The maximum Gasteiger partial charge on any atom is 0.307 e. The average molecular weight is 526 g/mol. The van der Waals surface area contributed by atoms with Gasteiger partial charge in [-0.15, -0.1) is 11.3 Å². The van der Waals surface area contributed by atoms with Crippen molar-refractivity contribution in [3.63, 3.8) is 0 Å². The van der Waals surface area contributed by atoms with Crippen molar-refractivity contribution in [1.29, 1.82) is 0 Å². The Bertz CT molecular complexity index is 1080. The average Bonchev–Trinajstić information content (AvgIpc) is 3.57. The molecule has 1 aliphatic heterocycles. The molecule has 0 spiro atoms. The second kappa shape index (κ2) is 13.4. The SMILES string of the molecule is CCOC(=O)CCN1CCN(Cc2csc(CC(=O)Cc3ccc(C)cc3C(=O)C3CCCC3)n2)CC1. The molecule has 2 aromatic rings. The Morgan fingerprint density at radius 1 is 1.05 bits per heavy atom. The molecule has 1 aromatic carbocycles. The van der Waals surface area contributed by atoms with Crippen LogP contribution in [0.2, 0.25) is 0 Å². The van der Waals surface area contributed by atoms with Gasteiger partial charge < -0.3 is 9.64 Å². The number of nitrogens with zero attached hydrogens (tertiary/aromatic N) is 3. The molecule has 37 heavy (non-hydrogen) atoms. The first-order valence-electron chi connectivity index (χ1n) is 13.6. The number of Topliss-reactive ketones (excluding diaryl/α,β-unsaturated/α-hetero) is 2. The van der Waals surface area contributed by atoms with E-state index in [1.165, 1.54) is 11.3 Å². The van der Waals surface area contributed by atoms with Crippen molar-refractivity contribution in [3.8, 4) is 0 Å². The van der Waals surface area contributed by atoms with Crippen LogP contribution >= 0.6 is 11.3 Å². The van der Waals surface area contributed by atoms with Gasteiger partial charge in [0.05, 0.1) is 25.1 Å². The number of rotatable bonds is 12. The molecule has 4 rings (SSSR count). The molecule has 0 radical (unpaired) electrons. The number of benzene rings is 1. The van der Waals surface area contributed by atoms with Gasteiger partial charge in [0.25, 0.3) is 0 Å². The van der Waals surface area contributed by atoms with Crippen molar-refractivity contribution in [2.75, 3.05) is 39.3 Å². The molecule has 0 bridgehead atoms. The van der Waals surface area contributed by atoms with Crippen LogP contribution in [0, 0.1) is 12.8 Å². The third-order valence-electron chi connectivity index (χ3n) is 7.38. The summed E-state index contributed by atoms with van der Waals surface area (Å²) in [5.41, 5.74) is 3.65. The monoisotopic (exact) mass is 525 g/mol. The fourth-order valence-corrected chi connectivity index (χ4v) is 6.12. The maximum atomic E-state index is 13.1. The molecule has 7 nitrogen and oxygen atoms in total. The number of aryl methyl sites for hydroxylation is 1. The normalized spacial score (nSPS) is 17.2. The number of ketones is 2. The summed E-state index contributed by atoms with van der Waals surface area (Å²) in [6, 6.07) is 5.91. The van der Waals surface area contributed by atoms with Crippen LogP contribution in [-0.2, 0) is 33.7 Å². The van der Waals surface area contributed by atoms with E-state index in [0.29, 0.717) is 19.4 Å². The van der Waals surface area contributed by atoms with Crippen LogP contribution < -0.4 is 0 Å². The van der Waals surface area contributed by atoms with Gasteiger partial charge >= 0.3 is 5.97 Å². The Kier molecular flexibility index (Phi) is 10.00. The fourth-order valence-electron chi connectivity index (χ4n) is 5.31. The number of ether oxygens (including phenoxy) is 1. The van der Waals surface area contributed by atoms with Gasteiger partial charge in [-0.05, 0) is 38.3 Å². The lowest BCUT2D eigenvalue weighted by atomic mass is 9.90. The Labute approximate surface area is 224 Å². The first kappa shape index (κ1) is 27.6. The van der Waals surface area contributed by atoms with Gasteiger partial charge in [0, 0.05) is 62.6 Å². The second-order valence-corrected chi connectivity index (χ2v) is 11.2. The number of piperazine rings is 1. The van der Waals surface area contributed by atoms with Crippen molar-refractivity contribution < 1.29 is 19.1 Å². The smallest absolute Gasteiger partial charge is 0.307 e. The zero-order valence-corrected chi connectivity index (χ0v) is 23.0. The zero-order valence-electron chi connectivity index (χ0n) is 22.2. The number of hydrogen-bond acceptors (Lipinski definition) is 8. The largest absolute Gasteiger partial charge is 0.466 e. The van der Waals surface area contributed by atoms with Crippen molar-refractivity contribution in [2.45, 2.75) is 65.3 Å². The quantitative estimate of drug-likeness (QED) is 0.303. The van der Waals surface area contributed by atoms with E-state index >= 15 is 0 Å². The number of carbonyl (C=O) groups is 3. The summed E-state index contributed by atoms with van der Waals surface area (Å²) in [7, 11) is 0. The highest BCUT2D eigenvalue weighted by Crippen LogP contribution is 2.30. The standard InChI is InChI=1S/C29H39N3O4S/c1-3-36-28(34)10-11-31-12-14-32(15-13-31)19-24-20-37-27(30-24)18-25(33)17-23-9-8-21(2)16-26(23)29(35)22-6-4-5-7-22/h8-9,16,20,22H,3-7,10-15,17-19H2,1-2H3. The lowest BCUT2D eigenvalue weighted by Gasteiger charge is -2.34. The van der Waals surface area contributed by atoms with E-state index in [0.717, 1.165) is 92.3 Å². The maximum absolute atomic E-state index is 13.1. The van der Waals surface area contributed by atoms with E-state index in [1.807, 2.05) is 32.0 Å². The minimum atomic E-state index is -0.131. The minimum absolute atomic E-state index is 0.0976. The summed E-state index contributed by atoms with van der Waals surface area (Å²) < 4.78 is 5.02. The van der Waals surface area contributed by atoms with E-state index in [1.54, 1.807) is 0 Å². The summed E-state index contributed by atoms with van der Waals surface area (Å²) in [4.78, 5) is 47.1. The van der Waals surface area contributed by atoms with Crippen LogP contribution in [0.25, 0.3) is 0 Å². The van der Waals surface area contributed by atoms with Crippen molar-refractivity contribution in [1.82, 2.24) is 14.8 Å². The molecular weight excluding hydrogens is 486 g/mol. The highest BCUT2D eigenvalue weighted by Gasteiger charge is 2.26. The highest BCUT2D eigenvalue weighted by molar-refractivity contribution is 7.09. The molecule has 1 saturated carbocycles. The minimum Gasteiger partial charge on any atom is -0.466 e. The summed E-state index contributed by atoms with van der Waals surface area (Å²) in [5.74, 6) is 0.284. The van der Waals surface area contributed by atoms with Crippen LogP contribution in [0.4, 0.5) is 0 Å². The molecule has 8 heteroatoms. The van der Waals surface area contributed by atoms with Gasteiger partial charge in [0.15, 0.2) is 5.78 Å². The van der Waals surface area contributed by atoms with Gasteiger partial charge in [-0.2, -0.15) is 0 Å².